The smallest absolute Gasteiger partial charge is 0.251 e. The van der Waals surface area contributed by atoms with Crippen molar-refractivity contribution in [1.29, 1.82) is 0 Å². The van der Waals surface area contributed by atoms with Gasteiger partial charge in [0.2, 0.25) is 0 Å². The van der Waals surface area contributed by atoms with Crippen molar-refractivity contribution in [1.82, 2.24) is 5.32 Å². The summed E-state index contributed by atoms with van der Waals surface area (Å²) < 4.78 is 0. The molecule has 0 bridgehead atoms. The van der Waals surface area contributed by atoms with Crippen LogP contribution in [-0.2, 0) is 6.42 Å². The molecular formula is C15H21NO. The first-order valence-electron chi connectivity index (χ1n) is 6.70. The fourth-order valence-corrected chi connectivity index (χ4v) is 2.56. The lowest BCUT2D eigenvalue weighted by atomic mass is 9.95. The van der Waals surface area contributed by atoms with E-state index >= 15 is 0 Å². The zero-order chi connectivity index (χ0) is 12.1. The monoisotopic (exact) mass is 231 g/mol. The molecule has 1 N–H and O–H groups in total. The van der Waals surface area contributed by atoms with Crippen LogP contribution in [0.5, 0.6) is 0 Å². The summed E-state index contributed by atoms with van der Waals surface area (Å²) >= 11 is 0. The van der Waals surface area contributed by atoms with Gasteiger partial charge >= 0.3 is 0 Å². The number of carbonyl (C=O) groups excluding carboxylic acids is 1. The predicted octanol–water partition coefficient (Wildman–Crippen LogP) is 3.31. The quantitative estimate of drug-likeness (QED) is 0.849. The van der Waals surface area contributed by atoms with Gasteiger partial charge in [0.25, 0.3) is 5.91 Å². The molecule has 1 aromatic carbocycles. The molecule has 0 radical (unpaired) electrons. The lowest BCUT2D eigenvalue weighted by Crippen LogP contribution is -2.36. The highest BCUT2D eigenvalue weighted by Crippen LogP contribution is 2.18. The van der Waals surface area contributed by atoms with Crippen LogP contribution in [0, 0.1) is 0 Å². The molecule has 0 atom stereocenters. The van der Waals surface area contributed by atoms with Gasteiger partial charge in [-0.2, -0.15) is 0 Å². The van der Waals surface area contributed by atoms with E-state index < -0.39 is 0 Å². The average molecular weight is 231 g/mol. The van der Waals surface area contributed by atoms with Crippen LogP contribution in [0.25, 0.3) is 0 Å². The molecule has 0 unspecified atom stereocenters. The number of benzene rings is 1. The highest BCUT2D eigenvalue weighted by Gasteiger charge is 2.17. The number of amides is 1. The summed E-state index contributed by atoms with van der Waals surface area (Å²) in [6, 6.07) is 8.29. The van der Waals surface area contributed by atoms with Crippen molar-refractivity contribution in [3.05, 3.63) is 35.4 Å². The molecule has 1 amide bonds. The summed E-state index contributed by atoms with van der Waals surface area (Å²) in [5, 5.41) is 3.17. The molecule has 92 valence electrons. The van der Waals surface area contributed by atoms with Crippen LogP contribution in [0.3, 0.4) is 0 Å². The van der Waals surface area contributed by atoms with Crippen molar-refractivity contribution in [2.24, 2.45) is 0 Å². The van der Waals surface area contributed by atoms with Crippen LogP contribution in [0.15, 0.2) is 24.3 Å². The molecule has 1 aliphatic rings. The topological polar surface area (TPSA) is 29.1 Å². The Bertz CT molecular complexity index is 380. The van der Waals surface area contributed by atoms with E-state index in [1.165, 1.54) is 19.3 Å². The molecule has 0 aliphatic heterocycles. The Kier molecular flexibility index (Phi) is 4.18. The molecule has 0 aromatic heterocycles. The van der Waals surface area contributed by atoms with Gasteiger partial charge in [-0.1, -0.05) is 44.4 Å². The number of hydrogen-bond acceptors (Lipinski definition) is 1. The third-order valence-corrected chi connectivity index (χ3v) is 3.58. The minimum atomic E-state index is 0.106. The van der Waals surface area contributed by atoms with Crippen LogP contribution < -0.4 is 5.32 Å². The highest BCUT2D eigenvalue weighted by atomic mass is 16.1. The van der Waals surface area contributed by atoms with Crippen LogP contribution in [0.1, 0.15) is 54.9 Å². The van der Waals surface area contributed by atoms with Gasteiger partial charge in [0.15, 0.2) is 0 Å². The summed E-state index contributed by atoms with van der Waals surface area (Å²) in [6.45, 7) is 2.09. The second-order valence-electron chi connectivity index (χ2n) is 4.82. The number of hydrogen-bond donors (Lipinski definition) is 1. The van der Waals surface area contributed by atoms with Gasteiger partial charge in [0, 0.05) is 11.6 Å². The third-order valence-electron chi connectivity index (χ3n) is 3.58. The minimum absolute atomic E-state index is 0.106. The fourth-order valence-electron chi connectivity index (χ4n) is 2.56. The first-order valence-corrected chi connectivity index (χ1v) is 6.70. The van der Waals surface area contributed by atoms with E-state index in [1.807, 2.05) is 24.3 Å². The van der Waals surface area contributed by atoms with Crippen molar-refractivity contribution in [3.8, 4) is 0 Å². The van der Waals surface area contributed by atoms with Gasteiger partial charge in [-0.15, -0.1) is 0 Å². The maximum Gasteiger partial charge on any atom is 0.251 e. The Labute approximate surface area is 103 Å². The predicted molar refractivity (Wildman–Crippen MR) is 70.2 cm³/mol. The maximum absolute atomic E-state index is 12.2. The molecule has 1 fully saturated rings. The highest BCUT2D eigenvalue weighted by molar-refractivity contribution is 5.95. The first-order chi connectivity index (χ1) is 8.31. The van der Waals surface area contributed by atoms with Gasteiger partial charge in [-0.25, -0.2) is 0 Å². The summed E-state index contributed by atoms with van der Waals surface area (Å²) in [7, 11) is 0. The number of nitrogens with one attached hydrogen (secondary N) is 1. The van der Waals surface area contributed by atoms with E-state index in [9.17, 15) is 4.79 Å². The van der Waals surface area contributed by atoms with E-state index in [2.05, 4.69) is 12.2 Å². The zero-order valence-electron chi connectivity index (χ0n) is 10.5. The molecule has 17 heavy (non-hydrogen) atoms. The zero-order valence-corrected chi connectivity index (χ0v) is 10.5. The van der Waals surface area contributed by atoms with E-state index in [-0.39, 0.29) is 5.91 Å². The average Bonchev–Trinajstić information content (AvgIpc) is 2.40. The van der Waals surface area contributed by atoms with E-state index in [0.29, 0.717) is 6.04 Å². The molecule has 2 nitrogen and oxygen atoms in total. The first kappa shape index (κ1) is 12.2. The van der Waals surface area contributed by atoms with E-state index in [4.69, 9.17) is 0 Å². The molecule has 1 aliphatic carbocycles. The maximum atomic E-state index is 12.2. The third kappa shape index (κ3) is 3.09. The number of rotatable bonds is 3. The van der Waals surface area contributed by atoms with Gasteiger partial charge in [0.05, 0.1) is 0 Å². The van der Waals surface area contributed by atoms with Crippen molar-refractivity contribution in [3.63, 3.8) is 0 Å². The van der Waals surface area contributed by atoms with Crippen molar-refractivity contribution < 1.29 is 4.79 Å². The summed E-state index contributed by atoms with van der Waals surface area (Å²) in [6.07, 6.45) is 7.01. The van der Waals surface area contributed by atoms with Gasteiger partial charge < -0.3 is 5.32 Å². The molecule has 0 heterocycles. The van der Waals surface area contributed by atoms with Crippen LogP contribution in [0.4, 0.5) is 0 Å². The molecule has 1 aromatic rings. The van der Waals surface area contributed by atoms with Crippen molar-refractivity contribution in [2.75, 3.05) is 0 Å². The molecule has 2 rings (SSSR count). The van der Waals surface area contributed by atoms with Crippen LogP contribution in [-0.4, -0.2) is 11.9 Å². The number of carbonyl (C=O) groups is 1. The Morgan fingerprint density at radius 3 is 2.65 bits per heavy atom. The Hall–Kier alpha value is -1.31. The van der Waals surface area contributed by atoms with E-state index in [0.717, 1.165) is 30.4 Å². The second kappa shape index (κ2) is 5.85. The summed E-state index contributed by atoms with van der Waals surface area (Å²) in [5.74, 6) is 0.106. The number of aryl methyl sites for hydroxylation is 1. The molecule has 1 saturated carbocycles. The van der Waals surface area contributed by atoms with Crippen molar-refractivity contribution in [2.45, 2.75) is 51.5 Å². The van der Waals surface area contributed by atoms with E-state index in [1.54, 1.807) is 0 Å². The van der Waals surface area contributed by atoms with Gasteiger partial charge in [0.1, 0.15) is 0 Å². The minimum Gasteiger partial charge on any atom is -0.349 e. The largest absolute Gasteiger partial charge is 0.349 e. The Balaban J connectivity index is 2.03. The fraction of sp³-hybridized carbons (Fsp3) is 0.533. The molecule has 0 saturated heterocycles. The van der Waals surface area contributed by atoms with Crippen LogP contribution in [0.2, 0.25) is 0 Å². The second-order valence-corrected chi connectivity index (χ2v) is 4.82. The summed E-state index contributed by atoms with van der Waals surface area (Å²) in [5.41, 5.74) is 1.99. The molecule has 0 spiro atoms. The lowest BCUT2D eigenvalue weighted by molar-refractivity contribution is 0.0927. The van der Waals surface area contributed by atoms with Gasteiger partial charge in [-0.05, 0) is 30.9 Å². The van der Waals surface area contributed by atoms with Crippen LogP contribution >= 0.6 is 0 Å². The molecular weight excluding hydrogens is 210 g/mol. The van der Waals surface area contributed by atoms with Gasteiger partial charge in [-0.3, -0.25) is 4.79 Å². The lowest BCUT2D eigenvalue weighted by Gasteiger charge is -2.23. The SMILES string of the molecule is CCc1ccccc1C(=O)NC1CCCCC1. The molecule has 2 heteroatoms. The normalized spacial score (nSPS) is 16.8. The standard InChI is InChI=1S/C15H21NO/c1-2-12-8-6-7-11-14(12)15(17)16-13-9-4-3-5-10-13/h6-8,11,13H,2-5,9-10H2,1H3,(H,16,17). The van der Waals surface area contributed by atoms with Crippen molar-refractivity contribution >= 4 is 5.91 Å². The Morgan fingerprint density at radius 2 is 1.94 bits per heavy atom. The Morgan fingerprint density at radius 1 is 1.24 bits per heavy atom. The summed E-state index contributed by atoms with van der Waals surface area (Å²) in [4.78, 5) is 12.2.